The number of fused-ring (bicyclic) bond motifs is 1. The lowest BCUT2D eigenvalue weighted by Crippen LogP contribution is -1.93. The third-order valence-electron chi connectivity index (χ3n) is 3.16. The van der Waals surface area contributed by atoms with Crippen molar-refractivity contribution in [3.8, 4) is 0 Å². The minimum atomic E-state index is -0.302. The predicted octanol–water partition coefficient (Wildman–Crippen LogP) is 3.28. The molecule has 0 aliphatic heterocycles. The van der Waals surface area contributed by atoms with E-state index in [-0.39, 0.29) is 6.10 Å². The molecule has 1 aliphatic carbocycles. The van der Waals surface area contributed by atoms with Crippen molar-refractivity contribution in [2.75, 3.05) is 0 Å². The molecule has 2 nitrogen and oxygen atoms in total. The molecule has 0 spiro atoms. The number of aliphatic hydroxyl groups is 1. The summed E-state index contributed by atoms with van der Waals surface area (Å²) in [6.07, 6.45) is 3.31. The Labute approximate surface area is 94.2 Å². The maximum Gasteiger partial charge on any atom is 0.137 e. The molecule has 1 aromatic carbocycles. The van der Waals surface area contributed by atoms with E-state index >= 15 is 0 Å². The third-order valence-corrected chi connectivity index (χ3v) is 3.16. The molecule has 1 unspecified atom stereocenters. The Kier molecular flexibility index (Phi) is 2.11. The minimum absolute atomic E-state index is 0.302. The Morgan fingerprint density at radius 1 is 1.38 bits per heavy atom. The van der Waals surface area contributed by atoms with Crippen molar-refractivity contribution in [3.05, 3.63) is 41.7 Å². The number of hydrogen-bond acceptors (Lipinski definition) is 2. The van der Waals surface area contributed by atoms with Crippen LogP contribution in [0.25, 0.3) is 16.5 Å². The summed E-state index contributed by atoms with van der Waals surface area (Å²) >= 11 is 0. The number of aryl methyl sites for hydroxylation is 1. The van der Waals surface area contributed by atoms with Crippen LogP contribution in [-0.2, 0) is 0 Å². The first kappa shape index (κ1) is 9.67. The maximum absolute atomic E-state index is 9.47. The molecule has 1 heterocycles. The van der Waals surface area contributed by atoms with E-state index in [0.29, 0.717) is 0 Å². The van der Waals surface area contributed by atoms with Gasteiger partial charge in [0, 0.05) is 5.39 Å². The Morgan fingerprint density at radius 2 is 2.25 bits per heavy atom. The van der Waals surface area contributed by atoms with Gasteiger partial charge < -0.3 is 9.52 Å². The molecule has 0 saturated heterocycles. The van der Waals surface area contributed by atoms with Gasteiger partial charge in [0.25, 0.3) is 0 Å². The van der Waals surface area contributed by atoms with Crippen molar-refractivity contribution in [2.45, 2.75) is 25.9 Å². The number of allylic oxidation sites excluding steroid dienone is 1. The van der Waals surface area contributed by atoms with E-state index in [1.165, 1.54) is 0 Å². The zero-order valence-corrected chi connectivity index (χ0v) is 9.23. The Morgan fingerprint density at radius 3 is 2.94 bits per heavy atom. The van der Waals surface area contributed by atoms with Crippen molar-refractivity contribution in [3.63, 3.8) is 0 Å². The Balaban J connectivity index is 2.12. The average molecular weight is 214 g/mol. The highest BCUT2D eigenvalue weighted by molar-refractivity contribution is 5.84. The van der Waals surface area contributed by atoms with Gasteiger partial charge in [0.05, 0.1) is 6.10 Å². The summed E-state index contributed by atoms with van der Waals surface area (Å²) < 4.78 is 5.85. The van der Waals surface area contributed by atoms with Crippen molar-refractivity contribution in [2.24, 2.45) is 0 Å². The zero-order valence-electron chi connectivity index (χ0n) is 9.23. The number of furan rings is 1. The monoisotopic (exact) mass is 214 g/mol. The van der Waals surface area contributed by atoms with Crippen LogP contribution in [0.15, 0.2) is 34.8 Å². The quantitative estimate of drug-likeness (QED) is 0.790. The molecule has 0 bridgehead atoms. The highest BCUT2D eigenvalue weighted by Crippen LogP contribution is 2.32. The number of para-hydroxylation sites is 1. The molecule has 16 heavy (non-hydrogen) atoms. The van der Waals surface area contributed by atoms with Crippen molar-refractivity contribution in [1.82, 2.24) is 0 Å². The van der Waals surface area contributed by atoms with Gasteiger partial charge in [0.15, 0.2) is 0 Å². The molecule has 82 valence electrons. The van der Waals surface area contributed by atoms with Gasteiger partial charge in [-0.2, -0.15) is 0 Å². The van der Waals surface area contributed by atoms with E-state index in [1.807, 2.05) is 25.1 Å². The molecule has 1 aromatic heterocycles. The van der Waals surface area contributed by atoms with Crippen LogP contribution in [0.2, 0.25) is 0 Å². The van der Waals surface area contributed by atoms with E-state index in [4.69, 9.17) is 4.42 Å². The second-order valence-electron chi connectivity index (χ2n) is 4.40. The van der Waals surface area contributed by atoms with E-state index in [2.05, 4.69) is 12.1 Å². The summed E-state index contributed by atoms with van der Waals surface area (Å²) in [6, 6.07) is 8.20. The third kappa shape index (κ3) is 1.46. The van der Waals surface area contributed by atoms with E-state index in [9.17, 15) is 5.11 Å². The summed E-state index contributed by atoms with van der Waals surface area (Å²) in [4.78, 5) is 0. The van der Waals surface area contributed by atoms with Crippen molar-refractivity contribution < 1.29 is 9.52 Å². The predicted molar refractivity (Wildman–Crippen MR) is 64.2 cm³/mol. The van der Waals surface area contributed by atoms with Gasteiger partial charge in [-0.05, 0) is 43.0 Å². The summed E-state index contributed by atoms with van der Waals surface area (Å²) in [5, 5.41) is 10.6. The smallest absolute Gasteiger partial charge is 0.137 e. The van der Waals surface area contributed by atoms with Gasteiger partial charge in [0.1, 0.15) is 11.3 Å². The van der Waals surface area contributed by atoms with Gasteiger partial charge in [-0.25, -0.2) is 0 Å². The van der Waals surface area contributed by atoms with Gasteiger partial charge in [-0.1, -0.05) is 18.2 Å². The summed E-state index contributed by atoms with van der Waals surface area (Å²) in [5.41, 5.74) is 3.24. The molecule has 1 N–H and O–H groups in total. The second-order valence-corrected chi connectivity index (χ2v) is 4.40. The molecule has 0 radical (unpaired) electrons. The standard InChI is InChI=1S/C14H14O2/c1-9-3-2-4-11-8-13(16-14(9)11)10-5-6-12(15)7-10/h2-4,7-8,12,15H,5-6H2,1H3. The molecule has 2 aromatic rings. The lowest BCUT2D eigenvalue weighted by atomic mass is 10.1. The summed E-state index contributed by atoms with van der Waals surface area (Å²) in [5.74, 6) is 0.904. The zero-order chi connectivity index (χ0) is 11.1. The number of benzene rings is 1. The molecule has 0 saturated carbocycles. The molecule has 1 aliphatic rings. The van der Waals surface area contributed by atoms with Crippen LogP contribution < -0.4 is 0 Å². The van der Waals surface area contributed by atoms with Crippen LogP contribution in [0, 0.1) is 6.92 Å². The Hall–Kier alpha value is -1.54. The highest BCUT2D eigenvalue weighted by Gasteiger charge is 2.17. The number of aliphatic hydroxyl groups excluding tert-OH is 1. The van der Waals surface area contributed by atoms with Crippen LogP contribution in [0.1, 0.15) is 24.2 Å². The molecule has 0 amide bonds. The highest BCUT2D eigenvalue weighted by atomic mass is 16.3. The van der Waals surface area contributed by atoms with E-state index < -0.39 is 0 Å². The fourth-order valence-corrected chi connectivity index (χ4v) is 2.27. The van der Waals surface area contributed by atoms with Gasteiger partial charge in [-0.15, -0.1) is 0 Å². The average Bonchev–Trinajstić information content (AvgIpc) is 2.84. The summed E-state index contributed by atoms with van der Waals surface area (Å²) in [7, 11) is 0. The van der Waals surface area contributed by atoms with Gasteiger partial charge >= 0.3 is 0 Å². The second kappa shape index (κ2) is 3.49. The number of hydrogen-bond donors (Lipinski definition) is 1. The SMILES string of the molecule is Cc1cccc2cc(C3=CC(O)CC3)oc12. The first-order valence-electron chi connectivity index (χ1n) is 5.62. The van der Waals surface area contributed by atoms with Crippen LogP contribution >= 0.6 is 0 Å². The molecule has 3 rings (SSSR count). The van der Waals surface area contributed by atoms with Gasteiger partial charge in [-0.3, -0.25) is 0 Å². The molecule has 0 fully saturated rings. The van der Waals surface area contributed by atoms with Gasteiger partial charge in [0.2, 0.25) is 0 Å². The minimum Gasteiger partial charge on any atom is -0.456 e. The lowest BCUT2D eigenvalue weighted by Gasteiger charge is -1.94. The lowest BCUT2D eigenvalue weighted by molar-refractivity contribution is 0.223. The summed E-state index contributed by atoms with van der Waals surface area (Å²) in [6.45, 7) is 2.05. The molecular formula is C14H14O2. The van der Waals surface area contributed by atoms with Crippen LogP contribution in [0.5, 0.6) is 0 Å². The topological polar surface area (TPSA) is 33.4 Å². The first-order valence-corrected chi connectivity index (χ1v) is 5.62. The van der Waals surface area contributed by atoms with E-state index in [0.717, 1.165) is 40.7 Å². The molecule has 1 atom stereocenters. The molecular weight excluding hydrogens is 200 g/mol. The van der Waals surface area contributed by atoms with Crippen molar-refractivity contribution in [1.29, 1.82) is 0 Å². The van der Waals surface area contributed by atoms with Crippen LogP contribution in [0.3, 0.4) is 0 Å². The number of rotatable bonds is 1. The van der Waals surface area contributed by atoms with Crippen LogP contribution in [0.4, 0.5) is 0 Å². The fourth-order valence-electron chi connectivity index (χ4n) is 2.27. The van der Waals surface area contributed by atoms with E-state index in [1.54, 1.807) is 0 Å². The van der Waals surface area contributed by atoms with Crippen molar-refractivity contribution >= 4 is 16.5 Å². The maximum atomic E-state index is 9.47. The largest absolute Gasteiger partial charge is 0.456 e. The Bertz CT molecular complexity index is 563. The fraction of sp³-hybridized carbons (Fsp3) is 0.286. The normalized spacial score (nSPS) is 20.4. The van der Waals surface area contributed by atoms with Crippen LogP contribution in [-0.4, -0.2) is 11.2 Å². The first-order chi connectivity index (χ1) is 7.74. The molecule has 2 heteroatoms.